The Kier molecular flexibility index (Phi) is 8.44. The molecule has 0 aliphatic carbocycles. The first-order valence-electron chi connectivity index (χ1n) is 9.35. The highest BCUT2D eigenvalue weighted by molar-refractivity contribution is 5.77. The molecule has 2 amide bonds. The lowest BCUT2D eigenvalue weighted by Gasteiger charge is -2.36. The van der Waals surface area contributed by atoms with Crippen LogP contribution >= 0.6 is 0 Å². The summed E-state index contributed by atoms with van der Waals surface area (Å²) in [5.41, 5.74) is 5.36. The quantitative estimate of drug-likeness (QED) is 0.639. The summed E-state index contributed by atoms with van der Waals surface area (Å²) >= 11 is 0. The van der Waals surface area contributed by atoms with Gasteiger partial charge in [-0.05, 0) is 37.8 Å². The summed E-state index contributed by atoms with van der Waals surface area (Å²) in [6, 6.07) is 3.11. The fourth-order valence-corrected chi connectivity index (χ4v) is 3.13. The predicted octanol–water partition coefficient (Wildman–Crippen LogP) is 1.97. The average molecular weight is 383 g/mol. The normalized spacial score (nSPS) is 16.9. The zero-order valence-corrected chi connectivity index (χ0v) is 15.4. The molecule has 1 aliphatic heterocycles. The minimum atomic E-state index is -0.759. The third-order valence-corrected chi connectivity index (χ3v) is 4.54. The van der Waals surface area contributed by atoms with Crippen molar-refractivity contribution in [2.24, 2.45) is 5.73 Å². The molecule has 1 heterocycles. The molecule has 0 bridgehead atoms. The summed E-state index contributed by atoms with van der Waals surface area (Å²) in [5.74, 6) is -1.56. The van der Waals surface area contributed by atoms with Gasteiger partial charge in [0.25, 0.3) is 0 Å². The standard InChI is InChI=1S/C19H27F2N3O3/c20-14-6-7-17(16(21)12-14)27-11-3-5-19(26)24-10-2-1-4-15(24)13-23-18(25)8-9-22/h6-7,12,15H,1-5,8-11,13,22H2,(H,23,25). The molecule has 0 radical (unpaired) electrons. The van der Waals surface area contributed by atoms with Crippen LogP contribution in [0.5, 0.6) is 5.75 Å². The summed E-state index contributed by atoms with van der Waals surface area (Å²) in [7, 11) is 0. The first-order valence-corrected chi connectivity index (χ1v) is 9.35. The number of halogens is 2. The lowest BCUT2D eigenvalue weighted by atomic mass is 10.0. The number of benzene rings is 1. The second-order valence-corrected chi connectivity index (χ2v) is 6.61. The Bertz CT molecular complexity index is 643. The second-order valence-electron chi connectivity index (χ2n) is 6.61. The number of likely N-dealkylation sites (tertiary alicyclic amines) is 1. The van der Waals surface area contributed by atoms with Gasteiger partial charge >= 0.3 is 0 Å². The van der Waals surface area contributed by atoms with Gasteiger partial charge in [-0.1, -0.05) is 0 Å². The van der Waals surface area contributed by atoms with Gasteiger partial charge in [0.2, 0.25) is 11.8 Å². The number of nitrogens with two attached hydrogens (primary N) is 1. The van der Waals surface area contributed by atoms with E-state index in [1.807, 2.05) is 4.90 Å². The number of carbonyl (C=O) groups is 2. The van der Waals surface area contributed by atoms with Crippen LogP contribution in [-0.2, 0) is 9.59 Å². The highest BCUT2D eigenvalue weighted by Gasteiger charge is 2.26. The molecule has 8 heteroatoms. The summed E-state index contributed by atoms with van der Waals surface area (Å²) in [6.45, 7) is 1.57. The van der Waals surface area contributed by atoms with Gasteiger partial charge in [-0.15, -0.1) is 0 Å². The van der Waals surface area contributed by atoms with Crippen LogP contribution in [0.2, 0.25) is 0 Å². The van der Waals surface area contributed by atoms with Crippen LogP contribution in [0.1, 0.15) is 38.5 Å². The molecule has 0 aromatic heterocycles. The molecule has 1 aliphatic rings. The van der Waals surface area contributed by atoms with Crippen LogP contribution in [-0.4, -0.2) is 49.0 Å². The number of carbonyl (C=O) groups excluding carboxylic acids is 2. The second kappa shape index (κ2) is 10.8. The number of nitrogens with zero attached hydrogens (tertiary/aromatic N) is 1. The van der Waals surface area contributed by atoms with Gasteiger partial charge in [0, 0.05) is 44.6 Å². The lowest BCUT2D eigenvalue weighted by Crippen LogP contribution is -2.49. The Balaban J connectivity index is 1.76. The Labute approximate surface area is 158 Å². The van der Waals surface area contributed by atoms with E-state index in [9.17, 15) is 18.4 Å². The van der Waals surface area contributed by atoms with E-state index in [4.69, 9.17) is 10.5 Å². The van der Waals surface area contributed by atoms with Gasteiger partial charge in [-0.2, -0.15) is 0 Å². The number of rotatable bonds is 9. The van der Waals surface area contributed by atoms with Crippen molar-refractivity contribution in [3.8, 4) is 5.75 Å². The van der Waals surface area contributed by atoms with Crippen molar-refractivity contribution < 1.29 is 23.1 Å². The number of nitrogens with one attached hydrogen (secondary N) is 1. The Morgan fingerprint density at radius 3 is 2.81 bits per heavy atom. The molecule has 1 saturated heterocycles. The molecule has 6 nitrogen and oxygen atoms in total. The third-order valence-electron chi connectivity index (χ3n) is 4.54. The molecule has 1 unspecified atom stereocenters. The number of hydrogen-bond acceptors (Lipinski definition) is 4. The van der Waals surface area contributed by atoms with Gasteiger partial charge in [-0.25, -0.2) is 8.78 Å². The SMILES string of the molecule is NCCC(=O)NCC1CCCCN1C(=O)CCCOc1ccc(F)cc1F. The van der Waals surface area contributed by atoms with E-state index in [-0.39, 0.29) is 43.1 Å². The van der Waals surface area contributed by atoms with Gasteiger partial charge in [0.15, 0.2) is 11.6 Å². The fraction of sp³-hybridized carbons (Fsp3) is 0.579. The third kappa shape index (κ3) is 6.78. The molecular formula is C19H27F2N3O3. The molecule has 2 rings (SSSR count). The Hall–Kier alpha value is -2.22. The van der Waals surface area contributed by atoms with Crippen molar-refractivity contribution in [3.63, 3.8) is 0 Å². The van der Waals surface area contributed by atoms with Crippen molar-refractivity contribution in [2.45, 2.75) is 44.6 Å². The molecule has 0 spiro atoms. The number of piperidine rings is 1. The zero-order valence-electron chi connectivity index (χ0n) is 15.4. The van der Waals surface area contributed by atoms with Crippen molar-refractivity contribution in [3.05, 3.63) is 29.8 Å². The van der Waals surface area contributed by atoms with Crippen molar-refractivity contribution in [1.29, 1.82) is 0 Å². The Morgan fingerprint density at radius 2 is 2.07 bits per heavy atom. The van der Waals surface area contributed by atoms with Gasteiger partial charge in [0.1, 0.15) is 5.82 Å². The largest absolute Gasteiger partial charge is 0.491 e. The first kappa shape index (κ1) is 21.1. The van der Waals surface area contributed by atoms with E-state index in [2.05, 4.69) is 5.32 Å². The summed E-state index contributed by atoms with van der Waals surface area (Å²) < 4.78 is 31.6. The van der Waals surface area contributed by atoms with Gasteiger partial charge < -0.3 is 20.7 Å². The smallest absolute Gasteiger partial charge is 0.223 e. The first-order chi connectivity index (χ1) is 13.0. The van der Waals surface area contributed by atoms with Crippen molar-refractivity contribution in [2.75, 3.05) is 26.2 Å². The van der Waals surface area contributed by atoms with Crippen LogP contribution in [0.4, 0.5) is 8.78 Å². The van der Waals surface area contributed by atoms with Crippen molar-refractivity contribution in [1.82, 2.24) is 10.2 Å². The molecule has 1 atom stereocenters. The molecule has 1 fully saturated rings. The molecule has 1 aromatic rings. The highest BCUT2D eigenvalue weighted by Crippen LogP contribution is 2.20. The summed E-state index contributed by atoms with van der Waals surface area (Å²) in [5, 5.41) is 2.83. The highest BCUT2D eigenvalue weighted by atomic mass is 19.1. The summed E-state index contributed by atoms with van der Waals surface area (Å²) in [4.78, 5) is 25.9. The van der Waals surface area contributed by atoms with E-state index in [1.165, 1.54) is 6.07 Å². The van der Waals surface area contributed by atoms with Crippen LogP contribution in [0.15, 0.2) is 18.2 Å². The topological polar surface area (TPSA) is 84.7 Å². The average Bonchev–Trinajstić information content (AvgIpc) is 2.65. The van der Waals surface area contributed by atoms with Crippen LogP contribution in [0.3, 0.4) is 0 Å². The van der Waals surface area contributed by atoms with E-state index in [0.29, 0.717) is 26.1 Å². The monoisotopic (exact) mass is 383 g/mol. The fourth-order valence-electron chi connectivity index (χ4n) is 3.13. The molecule has 0 saturated carbocycles. The maximum Gasteiger partial charge on any atom is 0.223 e. The molecule has 27 heavy (non-hydrogen) atoms. The molecular weight excluding hydrogens is 356 g/mol. The predicted molar refractivity (Wildman–Crippen MR) is 97.1 cm³/mol. The van der Waals surface area contributed by atoms with Crippen LogP contribution < -0.4 is 15.8 Å². The maximum atomic E-state index is 13.5. The lowest BCUT2D eigenvalue weighted by molar-refractivity contribution is -0.135. The van der Waals surface area contributed by atoms with Crippen LogP contribution in [0.25, 0.3) is 0 Å². The van der Waals surface area contributed by atoms with Gasteiger partial charge in [0.05, 0.1) is 6.61 Å². The van der Waals surface area contributed by atoms with Crippen LogP contribution in [0, 0.1) is 11.6 Å². The van der Waals surface area contributed by atoms with E-state index in [0.717, 1.165) is 31.4 Å². The number of hydrogen-bond donors (Lipinski definition) is 2. The minimum absolute atomic E-state index is 0.00375. The van der Waals surface area contributed by atoms with Gasteiger partial charge in [-0.3, -0.25) is 9.59 Å². The Morgan fingerprint density at radius 1 is 1.26 bits per heavy atom. The molecule has 150 valence electrons. The maximum absolute atomic E-state index is 13.5. The van der Waals surface area contributed by atoms with E-state index in [1.54, 1.807) is 0 Å². The van der Waals surface area contributed by atoms with E-state index >= 15 is 0 Å². The van der Waals surface area contributed by atoms with Crippen molar-refractivity contribution >= 4 is 11.8 Å². The van der Waals surface area contributed by atoms with E-state index < -0.39 is 11.6 Å². The zero-order chi connectivity index (χ0) is 19.6. The summed E-state index contributed by atoms with van der Waals surface area (Å²) in [6.07, 6.45) is 3.79. The molecule has 3 N–H and O–H groups in total. The number of ether oxygens (including phenoxy) is 1. The minimum Gasteiger partial charge on any atom is -0.491 e. The number of amides is 2. The molecule has 1 aromatic carbocycles.